The fourth-order valence-electron chi connectivity index (χ4n) is 1.79. The molecule has 3 heterocycles. The Hall–Kier alpha value is -2.51. The van der Waals surface area contributed by atoms with Gasteiger partial charge >= 0.3 is 0 Å². The fourth-order valence-corrected chi connectivity index (χ4v) is 1.79. The van der Waals surface area contributed by atoms with Crippen molar-refractivity contribution in [3.05, 3.63) is 24.2 Å². The predicted molar refractivity (Wildman–Crippen MR) is 69.6 cm³/mol. The highest BCUT2D eigenvalue weighted by atomic mass is 15.2. The standard InChI is InChI=1S/C11H14N8/c1-7-15-9(18-17-7)3-4-12-11-13-5-8-10(16-11)14-6-19(8)2/h5-6H,3-4H2,1-2H3,(H,12,13,16)(H,15,17,18). The Kier molecular flexibility index (Phi) is 2.82. The highest BCUT2D eigenvalue weighted by Crippen LogP contribution is 2.09. The van der Waals surface area contributed by atoms with Crippen LogP contribution < -0.4 is 5.32 Å². The third kappa shape index (κ3) is 2.37. The van der Waals surface area contributed by atoms with E-state index in [-0.39, 0.29) is 0 Å². The maximum Gasteiger partial charge on any atom is 0.224 e. The molecule has 0 atom stereocenters. The summed E-state index contributed by atoms with van der Waals surface area (Å²) < 4.78 is 1.88. The molecule has 3 rings (SSSR count). The van der Waals surface area contributed by atoms with Crippen molar-refractivity contribution in [1.29, 1.82) is 0 Å². The average Bonchev–Trinajstić information content (AvgIpc) is 2.97. The summed E-state index contributed by atoms with van der Waals surface area (Å²) in [5.41, 5.74) is 1.60. The van der Waals surface area contributed by atoms with Crippen LogP contribution in [0.2, 0.25) is 0 Å². The van der Waals surface area contributed by atoms with Gasteiger partial charge in [-0.3, -0.25) is 5.10 Å². The molecule has 3 aromatic rings. The molecule has 8 heteroatoms. The van der Waals surface area contributed by atoms with Gasteiger partial charge in [-0.15, -0.1) is 0 Å². The highest BCUT2D eigenvalue weighted by molar-refractivity contribution is 5.70. The van der Waals surface area contributed by atoms with Crippen molar-refractivity contribution in [2.45, 2.75) is 13.3 Å². The molecule has 0 saturated carbocycles. The van der Waals surface area contributed by atoms with Gasteiger partial charge < -0.3 is 9.88 Å². The third-order valence-corrected chi connectivity index (χ3v) is 2.76. The number of fused-ring (bicyclic) bond motifs is 1. The average molecular weight is 258 g/mol. The summed E-state index contributed by atoms with van der Waals surface area (Å²) >= 11 is 0. The van der Waals surface area contributed by atoms with Crippen LogP contribution in [0.4, 0.5) is 5.95 Å². The molecular weight excluding hydrogens is 244 g/mol. The predicted octanol–water partition coefficient (Wildman–Crippen LogP) is 0.444. The van der Waals surface area contributed by atoms with E-state index in [0.29, 0.717) is 24.6 Å². The van der Waals surface area contributed by atoms with Gasteiger partial charge in [0.05, 0.1) is 12.5 Å². The first-order valence-electron chi connectivity index (χ1n) is 5.98. The van der Waals surface area contributed by atoms with Crippen molar-refractivity contribution in [3.63, 3.8) is 0 Å². The number of hydrogen-bond donors (Lipinski definition) is 2. The molecule has 2 N–H and O–H groups in total. The van der Waals surface area contributed by atoms with Gasteiger partial charge in [0.1, 0.15) is 11.3 Å². The lowest BCUT2D eigenvalue weighted by Crippen LogP contribution is -2.09. The second-order valence-electron chi connectivity index (χ2n) is 4.27. The number of hydrogen-bond acceptors (Lipinski definition) is 6. The first-order chi connectivity index (χ1) is 9.22. The number of aryl methyl sites for hydroxylation is 2. The number of imidazole rings is 1. The van der Waals surface area contributed by atoms with Crippen LogP contribution in [0.3, 0.4) is 0 Å². The molecule has 0 aromatic carbocycles. The fraction of sp³-hybridized carbons (Fsp3) is 0.364. The summed E-state index contributed by atoms with van der Waals surface area (Å²) in [7, 11) is 1.91. The summed E-state index contributed by atoms with van der Waals surface area (Å²) in [6, 6.07) is 0. The molecule has 0 aliphatic rings. The zero-order valence-electron chi connectivity index (χ0n) is 10.8. The summed E-state index contributed by atoms with van der Waals surface area (Å²) in [5.74, 6) is 2.17. The van der Waals surface area contributed by atoms with Gasteiger partial charge in [0.25, 0.3) is 0 Å². The van der Waals surface area contributed by atoms with E-state index in [1.807, 2.05) is 18.5 Å². The molecule has 0 fully saturated rings. The first kappa shape index (κ1) is 11.6. The van der Waals surface area contributed by atoms with Crippen molar-refractivity contribution in [1.82, 2.24) is 34.7 Å². The molecule has 0 amide bonds. The molecule has 19 heavy (non-hydrogen) atoms. The van der Waals surface area contributed by atoms with Crippen LogP contribution in [0.25, 0.3) is 11.2 Å². The zero-order valence-corrected chi connectivity index (χ0v) is 10.8. The Morgan fingerprint density at radius 2 is 2.21 bits per heavy atom. The van der Waals surface area contributed by atoms with Gasteiger partial charge in [0.15, 0.2) is 11.5 Å². The molecular formula is C11H14N8. The molecule has 0 aliphatic carbocycles. The van der Waals surface area contributed by atoms with Crippen LogP contribution >= 0.6 is 0 Å². The van der Waals surface area contributed by atoms with Crippen LogP contribution in [0.15, 0.2) is 12.5 Å². The summed E-state index contributed by atoms with van der Waals surface area (Å²) in [6.07, 6.45) is 4.20. The van der Waals surface area contributed by atoms with Gasteiger partial charge in [-0.1, -0.05) is 0 Å². The smallest absolute Gasteiger partial charge is 0.224 e. The van der Waals surface area contributed by atoms with E-state index in [0.717, 1.165) is 17.2 Å². The Bertz CT molecular complexity index is 698. The molecule has 8 nitrogen and oxygen atoms in total. The van der Waals surface area contributed by atoms with Crippen LogP contribution in [-0.2, 0) is 13.5 Å². The number of rotatable bonds is 4. The number of nitrogens with one attached hydrogen (secondary N) is 2. The van der Waals surface area contributed by atoms with Crippen molar-refractivity contribution in [2.75, 3.05) is 11.9 Å². The Morgan fingerprint density at radius 1 is 1.32 bits per heavy atom. The molecule has 0 unspecified atom stereocenters. The van der Waals surface area contributed by atoms with Crippen LogP contribution in [0.1, 0.15) is 11.6 Å². The molecule has 3 aromatic heterocycles. The summed E-state index contributed by atoms with van der Waals surface area (Å²) in [5, 5.41) is 10.0. The SMILES string of the molecule is Cc1nc(CCNc2ncc3c(ncn3C)n2)n[nH]1. The lowest BCUT2D eigenvalue weighted by atomic mass is 10.4. The maximum atomic E-state index is 4.33. The number of anilines is 1. The molecule has 0 bridgehead atoms. The van der Waals surface area contributed by atoms with Crippen molar-refractivity contribution >= 4 is 17.1 Å². The molecule has 0 saturated heterocycles. The summed E-state index contributed by atoms with van der Waals surface area (Å²) in [6.45, 7) is 2.55. The molecule has 98 valence electrons. The molecule has 0 radical (unpaired) electrons. The zero-order chi connectivity index (χ0) is 13.2. The highest BCUT2D eigenvalue weighted by Gasteiger charge is 2.04. The van der Waals surface area contributed by atoms with Crippen molar-refractivity contribution < 1.29 is 0 Å². The van der Waals surface area contributed by atoms with E-state index in [4.69, 9.17) is 0 Å². The minimum absolute atomic E-state index is 0.568. The van der Waals surface area contributed by atoms with E-state index in [1.54, 1.807) is 12.5 Å². The number of H-pyrrole nitrogens is 1. The van der Waals surface area contributed by atoms with Gasteiger partial charge in [-0.25, -0.2) is 15.0 Å². The largest absolute Gasteiger partial charge is 0.354 e. The Balaban J connectivity index is 1.65. The lowest BCUT2D eigenvalue weighted by molar-refractivity contribution is 0.891. The first-order valence-corrected chi connectivity index (χ1v) is 5.98. The number of aromatic nitrogens is 7. The number of aromatic amines is 1. The summed E-state index contributed by atoms with van der Waals surface area (Å²) in [4.78, 5) is 17.0. The minimum atomic E-state index is 0.568. The van der Waals surface area contributed by atoms with E-state index < -0.39 is 0 Å². The number of nitrogens with zero attached hydrogens (tertiary/aromatic N) is 6. The second kappa shape index (κ2) is 4.63. The topological polar surface area (TPSA) is 97.2 Å². The lowest BCUT2D eigenvalue weighted by Gasteiger charge is -2.02. The van der Waals surface area contributed by atoms with Crippen LogP contribution in [0, 0.1) is 6.92 Å². The van der Waals surface area contributed by atoms with E-state index in [2.05, 4.69) is 35.5 Å². The van der Waals surface area contributed by atoms with Gasteiger partial charge in [0.2, 0.25) is 5.95 Å². The van der Waals surface area contributed by atoms with E-state index in [1.165, 1.54) is 0 Å². The van der Waals surface area contributed by atoms with E-state index in [9.17, 15) is 0 Å². The van der Waals surface area contributed by atoms with Crippen LogP contribution in [0.5, 0.6) is 0 Å². The monoisotopic (exact) mass is 258 g/mol. The minimum Gasteiger partial charge on any atom is -0.354 e. The third-order valence-electron chi connectivity index (χ3n) is 2.76. The molecule has 0 aliphatic heterocycles. The van der Waals surface area contributed by atoms with Crippen molar-refractivity contribution in [3.8, 4) is 0 Å². The normalized spacial score (nSPS) is 11.1. The van der Waals surface area contributed by atoms with Crippen molar-refractivity contribution in [2.24, 2.45) is 7.05 Å². The maximum absolute atomic E-state index is 4.33. The van der Waals surface area contributed by atoms with Gasteiger partial charge in [0, 0.05) is 20.0 Å². The Morgan fingerprint density at radius 3 is 3.00 bits per heavy atom. The molecule has 0 spiro atoms. The Labute approximate surface area is 109 Å². The van der Waals surface area contributed by atoms with Crippen LogP contribution in [-0.4, -0.2) is 41.2 Å². The van der Waals surface area contributed by atoms with E-state index >= 15 is 0 Å². The van der Waals surface area contributed by atoms with Gasteiger partial charge in [-0.05, 0) is 6.92 Å². The quantitative estimate of drug-likeness (QED) is 0.705. The van der Waals surface area contributed by atoms with Gasteiger partial charge in [-0.2, -0.15) is 10.1 Å². The second-order valence-corrected chi connectivity index (χ2v) is 4.27.